The molecule has 0 amide bonds. The first-order valence-corrected chi connectivity index (χ1v) is 14.5. The molecule has 0 N–H and O–H groups in total. The van der Waals surface area contributed by atoms with Crippen LogP contribution in [-0.2, 0) is 21.0 Å². The van der Waals surface area contributed by atoms with E-state index in [-0.39, 0.29) is 28.8 Å². The van der Waals surface area contributed by atoms with Gasteiger partial charge in [-0.15, -0.1) is 0 Å². The highest BCUT2D eigenvalue weighted by molar-refractivity contribution is 7.89. The first-order valence-electron chi connectivity index (χ1n) is 12.9. The molecule has 3 fully saturated rings. The first kappa shape index (κ1) is 25.6. The van der Waals surface area contributed by atoms with Crippen LogP contribution in [0.2, 0.25) is 0 Å². The summed E-state index contributed by atoms with van der Waals surface area (Å²) in [5.74, 6) is 0.351. The Morgan fingerprint density at radius 2 is 1.87 bits per heavy atom. The average molecular weight is 547 g/mol. The van der Waals surface area contributed by atoms with Crippen LogP contribution in [0.15, 0.2) is 46.9 Å². The smallest absolute Gasteiger partial charge is 0.416 e. The SMILES string of the molecule is CC1(C)[C@H]2CC[C@]1(CS(=O)(=O)N1CCC[C@@H]1c1nc3cc(-c4cccc(C(F)(F)F)c4)ccc3o1)C(=O)C2. The van der Waals surface area contributed by atoms with Crippen molar-refractivity contribution in [3.63, 3.8) is 0 Å². The number of nitrogens with zero attached hydrogens (tertiary/aromatic N) is 2. The topological polar surface area (TPSA) is 80.5 Å². The van der Waals surface area contributed by atoms with Crippen LogP contribution in [0.4, 0.5) is 13.2 Å². The van der Waals surface area contributed by atoms with E-state index in [1.807, 2.05) is 13.8 Å². The number of aromatic nitrogens is 1. The van der Waals surface area contributed by atoms with Crippen LogP contribution in [0.1, 0.15) is 63.4 Å². The van der Waals surface area contributed by atoms with Crippen molar-refractivity contribution in [2.75, 3.05) is 12.3 Å². The molecule has 3 atom stereocenters. The molecule has 1 aliphatic heterocycles. The van der Waals surface area contributed by atoms with Gasteiger partial charge in [-0.2, -0.15) is 17.5 Å². The van der Waals surface area contributed by atoms with Crippen molar-refractivity contribution in [3.8, 4) is 11.1 Å². The third-order valence-electron chi connectivity index (χ3n) is 9.34. The summed E-state index contributed by atoms with van der Waals surface area (Å²) >= 11 is 0. The van der Waals surface area contributed by atoms with Crippen LogP contribution in [0.5, 0.6) is 0 Å². The summed E-state index contributed by atoms with van der Waals surface area (Å²) in [4.78, 5) is 17.6. The van der Waals surface area contributed by atoms with E-state index in [0.717, 1.165) is 18.6 Å². The highest BCUT2D eigenvalue weighted by Crippen LogP contribution is 2.64. The lowest BCUT2D eigenvalue weighted by atomic mass is 9.70. The van der Waals surface area contributed by atoms with E-state index >= 15 is 0 Å². The number of hydrogen-bond donors (Lipinski definition) is 0. The summed E-state index contributed by atoms with van der Waals surface area (Å²) < 4.78 is 74.5. The van der Waals surface area contributed by atoms with Crippen LogP contribution < -0.4 is 0 Å². The first-order chi connectivity index (χ1) is 17.8. The summed E-state index contributed by atoms with van der Waals surface area (Å²) in [5.41, 5.74) is -0.118. The normalized spacial score (nSPS) is 27.6. The van der Waals surface area contributed by atoms with Crippen molar-refractivity contribution in [2.45, 2.75) is 58.2 Å². The lowest BCUT2D eigenvalue weighted by Crippen LogP contribution is -2.46. The zero-order valence-electron chi connectivity index (χ0n) is 21.2. The molecule has 6 nitrogen and oxygen atoms in total. The quantitative estimate of drug-likeness (QED) is 0.371. The van der Waals surface area contributed by atoms with Crippen LogP contribution >= 0.6 is 0 Å². The molecule has 2 aromatic carbocycles. The summed E-state index contributed by atoms with van der Waals surface area (Å²) in [6, 6.07) is 9.46. The van der Waals surface area contributed by atoms with Crippen molar-refractivity contribution in [1.29, 1.82) is 0 Å². The van der Waals surface area contributed by atoms with Gasteiger partial charge in [0, 0.05) is 18.4 Å². The van der Waals surface area contributed by atoms with Gasteiger partial charge in [-0.3, -0.25) is 4.79 Å². The average Bonchev–Trinajstić information content (AvgIpc) is 3.59. The van der Waals surface area contributed by atoms with Gasteiger partial charge in [0.2, 0.25) is 15.9 Å². The van der Waals surface area contributed by atoms with Gasteiger partial charge < -0.3 is 4.42 Å². The van der Waals surface area contributed by atoms with Crippen molar-refractivity contribution in [3.05, 3.63) is 53.9 Å². The van der Waals surface area contributed by atoms with Gasteiger partial charge in [0.05, 0.1) is 11.3 Å². The van der Waals surface area contributed by atoms with Gasteiger partial charge in [-0.1, -0.05) is 32.0 Å². The molecule has 0 unspecified atom stereocenters. The second kappa shape index (κ2) is 8.39. The maximum atomic E-state index is 13.8. The minimum atomic E-state index is -4.45. The number of rotatable bonds is 5. The summed E-state index contributed by atoms with van der Waals surface area (Å²) in [5, 5.41) is 0. The monoisotopic (exact) mass is 546 g/mol. The Kier molecular flexibility index (Phi) is 5.64. The van der Waals surface area contributed by atoms with Crippen molar-refractivity contribution < 1.29 is 30.8 Å². The van der Waals surface area contributed by atoms with Gasteiger partial charge in [0.1, 0.15) is 17.3 Å². The van der Waals surface area contributed by atoms with Gasteiger partial charge in [-0.25, -0.2) is 13.4 Å². The third-order valence-corrected chi connectivity index (χ3v) is 11.4. The Bertz CT molecular complexity index is 1540. The summed E-state index contributed by atoms with van der Waals surface area (Å²) in [6.07, 6.45) is -1.34. The molecule has 2 aliphatic carbocycles. The number of carbonyl (C=O) groups excluding carboxylic acids is 1. The Morgan fingerprint density at radius 1 is 1.11 bits per heavy atom. The molecule has 38 heavy (non-hydrogen) atoms. The molecule has 2 heterocycles. The molecule has 3 aliphatic rings. The summed E-state index contributed by atoms with van der Waals surface area (Å²) in [6.45, 7) is 4.38. The molecule has 3 aromatic rings. The Hall–Kier alpha value is -2.72. The lowest BCUT2D eigenvalue weighted by Gasteiger charge is -2.37. The predicted octanol–water partition coefficient (Wildman–Crippen LogP) is 6.38. The molecule has 2 saturated carbocycles. The van der Waals surface area contributed by atoms with Crippen molar-refractivity contribution in [1.82, 2.24) is 9.29 Å². The molecule has 6 rings (SSSR count). The highest BCUT2D eigenvalue weighted by Gasteiger charge is 2.66. The van der Waals surface area contributed by atoms with E-state index in [1.165, 1.54) is 10.4 Å². The van der Waals surface area contributed by atoms with Crippen LogP contribution in [0.3, 0.4) is 0 Å². The zero-order valence-corrected chi connectivity index (χ0v) is 22.0. The Balaban J connectivity index is 1.30. The van der Waals surface area contributed by atoms with Crippen LogP contribution in [-0.4, -0.2) is 35.8 Å². The number of halogens is 3. The van der Waals surface area contributed by atoms with Gasteiger partial charge >= 0.3 is 6.18 Å². The second-order valence-electron chi connectivity index (χ2n) is 11.5. The zero-order chi connectivity index (χ0) is 27.1. The summed E-state index contributed by atoms with van der Waals surface area (Å²) in [7, 11) is -3.79. The number of Topliss-reactive ketones (excluding diaryl/α,β-unsaturated/α-hetero) is 1. The number of carbonyl (C=O) groups is 1. The van der Waals surface area contributed by atoms with Crippen molar-refractivity contribution >= 4 is 26.9 Å². The standard InChI is InChI=1S/C28H29F3N2O4S/c1-26(2)19-10-11-27(26,24(34)15-19)16-38(35,36)33-12-4-7-22(33)25-32-21-14-18(8-9-23(21)37-25)17-5-3-6-20(13-17)28(29,30)31/h3,5-6,8-9,13-14,19,22H,4,7,10-12,15-16H2,1-2H3/t19-,22+,27-/m0/s1. The lowest BCUT2D eigenvalue weighted by molar-refractivity contribution is -0.137. The largest absolute Gasteiger partial charge is 0.439 e. The van der Waals surface area contributed by atoms with Gasteiger partial charge in [-0.05, 0) is 72.4 Å². The number of oxazole rings is 1. The fraction of sp³-hybridized carbons (Fsp3) is 0.500. The minimum absolute atomic E-state index is 0.0575. The molecule has 202 valence electrons. The van der Waals surface area contributed by atoms with E-state index in [2.05, 4.69) is 4.98 Å². The fourth-order valence-electron chi connectivity index (χ4n) is 6.96. The van der Waals surface area contributed by atoms with E-state index < -0.39 is 33.2 Å². The Morgan fingerprint density at radius 3 is 2.55 bits per heavy atom. The van der Waals surface area contributed by atoms with E-state index in [9.17, 15) is 26.4 Å². The number of hydrogen-bond acceptors (Lipinski definition) is 5. The number of sulfonamides is 1. The number of benzene rings is 2. The number of ketones is 1. The predicted molar refractivity (Wildman–Crippen MR) is 135 cm³/mol. The molecule has 1 saturated heterocycles. The highest BCUT2D eigenvalue weighted by atomic mass is 32.2. The number of alkyl halides is 3. The molecule has 2 bridgehead atoms. The van der Waals surface area contributed by atoms with Crippen molar-refractivity contribution in [2.24, 2.45) is 16.7 Å². The Labute approximate surface area is 219 Å². The maximum absolute atomic E-state index is 13.8. The third kappa shape index (κ3) is 3.82. The van der Waals surface area contributed by atoms with E-state index in [1.54, 1.807) is 24.3 Å². The molecular weight excluding hydrogens is 517 g/mol. The van der Waals surface area contributed by atoms with Gasteiger partial charge in [0.15, 0.2) is 5.58 Å². The minimum Gasteiger partial charge on any atom is -0.439 e. The van der Waals surface area contributed by atoms with Gasteiger partial charge in [0.25, 0.3) is 0 Å². The fourth-order valence-corrected chi connectivity index (χ4v) is 9.42. The molecule has 1 aromatic heterocycles. The second-order valence-corrected chi connectivity index (χ2v) is 13.4. The van der Waals surface area contributed by atoms with Crippen LogP contribution in [0.25, 0.3) is 22.2 Å². The van der Waals surface area contributed by atoms with E-state index in [0.29, 0.717) is 54.5 Å². The molecule has 0 radical (unpaired) electrons. The molecular formula is C28H29F3N2O4S. The molecule has 0 spiro atoms. The van der Waals surface area contributed by atoms with Crippen LogP contribution in [0, 0.1) is 16.7 Å². The number of fused-ring (bicyclic) bond motifs is 3. The molecule has 10 heteroatoms. The maximum Gasteiger partial charge on any atom is 0.416 e. The van der Waals surface area contributed by atoms with E-state index in [4.69, 9.17) is 4.42 Å².